The molecule has 3 N–H and O–H groups in total. The molecular formula is C24H22FN3O2. The summed E-state index contributed by atoms with van der Waals surface area (Å²) in [7, 11) is 1.63. The minimum absolute atomic E-state index is 0.293. The van der Waals surface area contributed by atoms with Crippen molar-refractivity contribution in [1.29, 1.82) is 0 Å². The van der Waals surface area contributed by atoms with Gasteiger partial charge in [-0.2, -0.15) is 0 Å². The van der Waals surface area contributed by atoms with Gasteiger partial charge in [0.2, 0.25) is 0 Å². The van der Waals surface area contributed by atoms with Crippen LogP contribution in [0.4, 0.5) is 4.39 Å². The Labute approximate surface area is 173 Å². The number of aromatic amines is 1. The Kier molecular flexibility index (Phi) is 4.91. The highest BCUT2D eigenvalue weighted by Gasteiger charge is 2.21. The van der Waals surface area contributed by atoms with Crippen molar-refractivity contribution in [3.8, 4) is 16.9 Å². The molecule has 6 heteroatoms. The number of halogens is 1. The third-order valence-corrected chi connectivity index (χ3v) is 5.21. The number of rotatable bonds is 5. The first-order valence-electron chi connectivity index (χ1n) is 9.45. The van der Waals surface area contributed by atoms with E-state index in [0.717, 1.165) is 55.9 Å². The van der Waals surface area contributed by atoms with E-state index in [9.17, 15) is 4.39 Å². The Balaban J connectivity index is 1.98. The van der Waals surface area contributed by atoms with E-state index < -0.39 is 0 Å². The molecule has 0 atom stereocenters. The normalized spacial score (nSPS) is 11.5. The Hall–Kier alpha value is -3.80. The number of methoxy groups -OCH3 is 1. The second-order valence-corrected chi connectivity index (χ2v) is 7.06. The standard InChI is InChI=1S/C24H22FN3O2/c1-13(16-5-7-17(25)8-6-16)23-18-12-22(29-4)19(24-14(2)28-30-15(24)3)11-21(18)27-20(23)9-10-26/h5-12,27H,1,26H2,2-4H3/b10-9-. The molecule has 0 spiro atoms. The average molecular weight is 403 g/mol. The summed E-state index contributed by atoms with van der Waals surface area (Å²) in [6, 6.07) is 10.2. The van der Waals surface area contributed by atoms with E-state index in [1.165, 1.54) is 18.3 Å². The summed E-state index contributed by atoms with van der Waals surface area (Å²) in [4.78, 5) is 3.41. The van der Waals surface area contributed by atoms with Gasteiger partial charge in [-0.15, -0.1) is 0 Å². The smallest absolute Gasteiger partial charge is 0.141 e. The summed E-state index contributed by atoms with van der Waals surface area (Å²) in [5.41, 5.74) is 12.4. The molecule has 5 nitrogen and oxygen atoms in total. The summed E-state index contributed by atoms with van der Waals surface area (Å²) in [5, 5.41) is 4.98. The molecule has 0 saturated carbocycles. The van der Waals surface area contributed by atoms with Crippen molar-refractivity contribution >= 4 is 22.6 Å². The van der Waals surface area contributed by atoms with Gasteiger partial charge in [-0.1, -0.05) is 23.9 Å². The molecule has 0 unspecified atom stereocenters. The van der Waals surface area contributed by atoms with Gasteiger partial charge in [-0.3, -0.25) is 0 Å². The van der Waals surface area contributed by atoms with Gasteiger partial charge in [0.1, 0.15) is 17.3 Å². The fourth-order valence-electron chi connectivity index (χ4n) is 3.82. The number of aryl methyl sites for hydroxylation is 2. The van der Waals surface area contributed by atoms with Crippen molar-refractivity contribution in [1.82, 2.24) is 10.1 Å². The highest BCUT2D eigenvalue weighted by molar-refractivity contribution is 6.02. The van der Waals surface area contributed by atoms with Gasteiger partial charge in [0.05, 0.1) is 18.4 Å². The number of nitrogens with zero attached hydrogens (tertiary/aromatic N) is 1. The second-order valence-electron chi connectivity index (χ2n) is 7.06. The average Bonchev–Trinajstić information content (AvgIpc) is 3.25. The zero-order valence-electron chi connectivity index (χ0n) is 17.0. The number of nitrogens with one attached hydrogen (secondary N) is 1. The number of nitrogens with two attached hydrogens (primary N) is 1. The van der Waals surface area contributed by atoms with Gasteiger partial charge in [-0.05, 0) is 61.5 Å². The van der Waals surface area contributed by atoms with Crippen LogP contribution in [0, 0.1) is 19.7 Å². The van der Waals surface area contributed by atoms with Crippen LogP contribution in [0.5, 0.6) is 5.75 Å². The highest BCUT2D eigenvalue weighted by atomic mass is 19.1. The molecule has 2 aromatic heterocycles. The quantitative estimate of drug-likeness (QED) is 0.456. The molecule has 0 bridgehead atoms. The zero-order chi connectivity index (χ0) is 21.4. The van der Waals surface area contributed by atoms with Gasteiger partial charge >= 0.3 is 0 Å². The van der Waals surface area contributed by atoms with E-state index in [2.05, 4.69) is 16.7 Å². The van der Waals surface area contributed by atoms with E-state index in [-0.39, 0.29) is 5.82 Å². The second kappa shape index (κ2) is 7.55. The van der Waals surface area contributed by atoms with Crippen LogP contribution < -0.4 is 10.5 Å². The molecule has 0 aliphatic carbocycles. The van der Waals surface area contributed by atoms with E-state index in [0.29, 0.717) is 5.75 Å². The number of benzene rings is 2. The lowest BCUT2D eigenvalue weighted by Crippen LogP contribution is -1.92. The molecule has 2 aromatic carbocycles. The van der Waals surface area contributed by atoms with Crippen LogP contribution in [-0.4, -0.2) is 17.3 Å². The van der Waals surface area contributed by atoms with Crippen LogP contribution in [-0.2, 0) is 0 Å². The lowest BCUT2D eigenvalue weighted by atomic mass is 9.94. The topological polar surface area (TPSA) is 77.1 Å². The van der Waals surface area contributed by atoms with Crippen molar-refractivity contribution < 1.29 is 13.7 Å². The van der Waals surface area contributed by atoms with E-state index in [4.69, 9.17) is 15.0 Å². The van der Waals surface area contributed by atoms with Crippen molar-refractivity contribution in [3.05, 3.63) is 83.3 Å². The van der Waals surface area contributed by atoms with Crippen LogP contribution in [0.3, 0.4) is 0 Å². The Bertz CT molecular complexity index is 1260. The van der Waals surface area contributed by atoms with Crippen molar-refractivity contribution in [2.75, 3.05) is 7.11 Å². The number of hydrogen-bond donors (Lipinski definition) is 2. The monoisotopic (exact) mass is 403 g/mol. The molecule has 0 aliphatic heterocycles. The number of hydrogen-bond acceptors (Lipinski definition) is 4. The number of ether oxygens (including phenoxy) is 1. The lowest BCUT2D eigenvalue weighted by Gasteiger charge is -2.11. The predicted octanol–water partition coefficient (Wildman–Crippen LogP) is 5.58. The molecule has 0 saturated heterocycles. The molecule has 152 valence electrons. The molecule has 4 rings (SSSR count). The van der Waals surface area contributed by atoms with Crippen LogP contribution >= 0.6 is 0 Å². The lowest BCUT2D eigenvalue weighted by molar-refractivity contribution is 0.393. The van der Waals surface area contributed by atoms with Crippen molar-refractivity contribution in [3.63, 3.8) is 0 Å². The summed E-state index contributed by atoms with van der Waals surface area (Å²) in [5.74, 6) is 1.11. The maximum atomic E-state index is 13.4. The van der Waals surface area contributed by atoms with Gasteiger partial charge < -0.3 is 20.0 Å². The van der Waals surface area contributed by atoms with Crippen molar-refractivity contribution in [2.45, 2.75) is 13.8 Å². The van der Waals surface area contributed by atoms with E-state index in [1.807, 2.05) is 26.0 Å². The Morgan fingerprint density at radius 3 is 2.57 bits per heavy atom. The van der Waals surface area contributed by atoms with Crippen LogP contribution in [0.25, 0.3) is 33.7 Å². The fourth-order valence-corrected chi connectivity index (χ4v) is 3.82. The fraction of sp³-hybridized carbons (Fsp3) is 0.125. The molecule has 4 aromatic rings. The summed E-state index contributed by atoms with van der Waals surface area (Å²) in [6.45, 7) is 8.03. The minimum atomic E-state index is -0.293. The summed E-state index contributed by atoms with van der Waals surface area (Å²) in [6.07, 6.45) is 3.25. The third kappa shape index (κ3) is 3.16. The first-order valence-corrected chi connectivity index (χ1v) is 9.45. The SMILES string of the molecule is C=C(c1ccc(F)cc1)c1c(/C=C\N)[nH]c2cc(-c3c(C)noc3C)c(OC)cc12. The minimum Gasteiger partial charge on any atom is -0.496 e. The van der Waals surface area contributed by atoms with Gasteiger partial charge in [0, 0.05) is 27.7 Å². The Morgan fingerprint density at radius 2 is 1.97 bits per heavy atom. The summed E-state index contributed by atoms with van der Waals surface area (Å²) < 4.78 is 24.4. The van der Waals surface area contributed by atoms with Crippen LogP contribution in [0.1, 0.15) is 28.3 Å². The number of fused-ring (bicyclic) bond motifs is 1. The number of H-pyrrole nitrogens is 1. The first kappa shape index (κ1) is 19.5. The maximum absolute atomic E-state index is 13.4. The van der Waals surface area contributed by atoms with Crippen LogP contribution in [0.15, 0.2) is 53.7 Å². The van der Waals surface area contributed by atoms with E-state index in [1.54, 1.807) is 25.3 Å². The molecule has 0 amide bonds. The molecule has 0 aliphatic rings. The molecular weight excluding hydrogens is 381 g/mol. The third-order valence-electron chi connectivity index (χ3n) is 5.21. The number of aromatic nitrogens is 2. The summed E-state index contributed by atoms with van der Waals surface area (Å²) >= 11 is 0. The predicted molar refractivity (Wildman–Crippen MR) is 118 cm³/mol. The van der Waals surface area contributed by atoms with Gasteiger partial charge in [-0.25, -0.2) is 4.39 Å². The largest absolute Gasteiger partial charge is 0.496 e. The molecule has 0 fully saturated rings. The molecule has 0 radical (unpaired) electrons. The van der Waals surface area contributed by atoms with Crippen LogP contribution in [0.2, 0.25) is 0 Å². The highest BCUT2D eigenvalue weighted by Crippen LogP contribution is 2.41. The first-order chi connectivity index (χ1) is 14.4. The zero-order valence-corrected chi connectivity index (χ0v) is 17.0. The molecule has 30 heavy (non-hydrogen) atoms. The molecule has 2 heterocycles. The van der Waals surface area contributed by atoms with Gasteiger partial charge in [0.25, 0.3) is 0 Å². The maximum Gasteiger partial charge on any atom is 0.141 e. The van der Waals surface area contributed by atoms with Gasteiger partial charge in [0.15, 0.2) is 0 Å². The van der Waals surface area contributed by atoms with Crippen molar-refractivity contribution in [2.24, 2.45) is 5.73 Å². The van der Waals surface area contributed by atoms with E-state index >= 15 is 0 Å². The Morgan fingerprint density at radius 1 is 1.23 bits per heavy atom.